The summed E-state index contributed by atoms with van der Waals surface area (Å²) in [5.74, 6) is -0.800. The fourth-order valence-corrected chi connectivity index (χ4v) is 2.06. The Morgan fingerprint density at radius 2 is 1.85 bits per heavy atom. The molecule has 0 heterocycles. The van der Waals surface area contributed by atoms with E-state index in [-0.39, 0.29) is 5.56 Å². The molecule has 0 aliphatic heterocycles. The highest BCUT2D eigenvalue weighted by Crippen LogP contribution is 2.36. The summed E-state index contributed by atoms with van der Waals surface area (Å²) in [4.78, 5) is 23.1. The molecule has 2 N–H and O–H groups in total. The van der Waals surface area contributed by atoms with Crippen molar-refractivity contribution in [3.05, 3.63) is 22.2 Å². The van der Waals surface area contributed by atoms with Crippen LogP contribution in [0.1, 0.15) is 24.2 Å². The largest absolute Gasteiger partial charge is 0.493 e. The van der Waals surface area contributed by atoms with E-state index >= 15 is 0 Å². The van der Waals surface area contributed by atoms with Crippen molar-refractivity contribution < 1.29 is 24.2 Å². The summed E-state index contributed by atoms with van der Waals surface area (Å²) in [7, 11) is 2.93. The summed E-state index contributed by atoms with van der Waals surface area (Å²) >= 11 is 3.27. The number of carbonyl (C=O) groups is 2. The zero-order valence-corrected chi connectivity index (χ0v) is 13.2. The van der Waals surface area contributed by atoms with Gasteiger partial charge in [0.15, 0.2) is 11.5 Å². The van der Waals surface area contributed by atoms with Gasteiger partial charge in [-0.1, -0.05) is 0 Å². The molecule has 0 spiro atoms. The smallest absolute Gasteiger partial charge is 0.328 e. The van der Waals surface area contributed by atoms with Gasteiger partial charge in [-0.25, -0.2) is 4.79 Å². The van der Waals surface area contributed by atoms with Crippen molar-refractivity contribution in [2.45, 2.75) is 19.4 Å². The van der Waals surface area contributed by atoms with E-state index in [2.05, 4.69) is 21.2 Å². The number of carboxylic acid groups (broad SMARTS) is 1. The number of hydrogen-bond donors (Lipinski definition) is 2. The van der Waals surface area contributed by atoms with E-state index in [1.165, 1.54) is 40.2 Å². The summed E-state index contributed by atoms with van der Waals surface area (Å²) in [6, 6.07) is 3.02. The van der Waals surface area contributed by atoms with Crippen molar-refractivity contribution >= 4 is 27.8 Å². The Kier molecular flexibility index (Phi) is 4.99. The Morgan fingerprint density at radius 1 is 1.25 bits per heavy atom. The molecule has 7 heteroatoms. The third kappa shape index (κ3) is 3.41. The number of rotatable bonds is 5. The minimum atomic E-state index is -1.36. The molecule has 0 saturated carbocycles. The average Bonchev–Trinajstić information content (AvgIpc) is 2.36. The molecule has 6 nitrogen and oxygen atoms in total. The highest BCUT2D eigenvalue weighted by atomic mass is 79.9. The van der Waals surface area contributed by atoms with Gasteiger partial charge in [0.25, 0.3) is 5.91 Å². The molecule has 1 rings (SSSR count). The first kappa shape index (κ1) is 16.3. The van der Waals surface area contributed by atoms with Gasteiger partial charge in [-0.2, -0.15) is 0 Å². The van der Waals surface area contributed by atoms with Crippen molar-refractivity contribution in [3.8, 4) is 11.5 Å². The molecular weight excluding hydrogens is 330 g/mol. The fourth-order valence-electron chi connectivity index (χ4n) is 1.46. The number of carboxylic acids is 1. The second kappa shape index (κ2) is 6.13. The van der Waals surface area contributed by atoms with Gasteiger partial charge in [0.2, 0.25) is 0 Å². The van der Waals surface area contributed by atoms with Crippen LogP contribution in [0.3, 0.4) is 0 Å². The lowest BCUT2D eigenvalue weighted by Crippen LogP contribution is -2.49. The second-order valence-corrected chi connectivity index (χ2v) is 5.43. The zero-order chi connectivity index (χ0) is 15.5. The molecule has 0 aliphatic carbocycles. The molecule has 0 unspecified atom stereocenters. The number of methoxy groups -OCH3 is 2. The molecule has 0 aromatic heterocycles. The molecular formula is C13H16BrNO5. The standard InChI is InChI=1S/C13H16BrNO5/c1-13(2,12(17)18)15-11(16)7-5-8(14)10(20-4)9(6-7)19-3/h5-6H,1-4H3,(H,15,16)(H,17,18). The summed E-state index contributed by atoms with van der Waals surface area (Å²) in [5.41, 5.74) is -1.10. The Bertz CT molecular complexity index is 542. The molecule has 0 atom stereocenters. The maximum Gasteiger partial charge on any atom is 0.328 e. The fraction of sp³-hybridized carbons (Fsp3) is 0.385. The predicted octanol–water partition coefficient (Wildman–Crippen LogP) is 2.06. The first-order chi connectivity index (χ1) is 9.22. The monoisotopic (exact) mass is 345 g/mol. The maximum atomic E-state index is 12.1. The number of ether oxygens (including phenoxy) is 2. The molecule has 1 aromatic carbocycles. The molecule has 0 fully saturated rings. The van der Waals surface area contributed by atoms with E-state index in [9.17, 15) is 9.59 Å². The second-order valence-electron chi connectivity index (χ2n) is 4.58. The van der Waals surface area contributed by atoms with Crippen molar-refractivity contribution in [1.82, 2.24) is 5.32 Å². The quantitative estimate of drug-likeness (QED) is 0.853. The Hall–Kier alpha value is -1.76. The third-order valence-corrected chi connectivity index (χ3v) is 3.25. The van der Waals surface area contributed by atoms with Gasteiger partial charge in [-0.05, 0) is 41.9 Å². The SMILES string of the molecule is COc1cc(C(=O)NC(C)(C)C(=O)O)cc(Br)c1OC. The minimum absolute atomic E-state index is 0.267. The van der Waals surface area contributed by atoms with Gasteiger partial charge in [-0.15, -0.1) is 0 Å². The number of carbonyl (C=O) groups excluding carboxylic acids is 1. The van der Waals surface area contributed by atoms with Crippen molar-refractivity contribution in [1.29, 1.82) is 0 Å². The Morgan fingerprint density at radius 3 is 2.30 bits per heavy atom. The van der Waals surface area contributed by atoms with E-state index in [0.29, 0.717) is 16.0 Å². The van der Waals surface area contributed by atoms with Crippen LogP contribution >= 0.6 is 15.9 Å². The highest BCUT2D eigenvalue weighted by molar-refractivity contribution is 9.10. The number of benzene rings is 1. The van der Waals surface area contributed by atoms with E-state index in [1.807, 2.05) is 0 Å². The normalized spacial score (nSPS) is 10.8. The van der Waals surface area contributed by atoms with Crippen LogP contribution in [-0.4, -0.2) is 36.7 Å². The number of halogens is 1. The maximum absolute atomic E-state index is 12.1. The van der Waals surface area contributed by atoms with Gasteiger partial charge < -0.3 is 19.9 Å². The van der Waals surface area contributed by atoms with Crippen LogP contribution in [0.25, 0.3) is 0 Å². The molecule has 1 amide bonds. The molecule has 20 heavy (non-hydrogen) atoms. The van der Waals surface area contributed by atoms with Crippen molar-refractivity contribution in [3.63, 3.8) is 0 Å². The number of aliphatic carboxylic acids is 1. The van der Waals surface area contributed by atoms with E-state index in [4.69, 9.17) is 14.6 Å². The number of nitrogens with one attached hydrogen (secondary N) is 1. The average molecular weight is 346 g/mol. The van der Waals surface area contributed by atoms with Crippen LogP contribution in [0.4, 0.5) is 0 Å². The van der Waals surface area contributed by atoms with Crippen LogP contribution < -0.4 is 14.8 Å². The molecule has 0 saturated heterocycles. The van der Waals surface area contributed by atoms with E-state index in [0.717, 1.165) is 0 Å². The Balaban J connectivity index is 3.12. The molecule has 1 aromatic rings. The van der Waals surface area contributed by atoms with E-state index in [1.54, 1.807) is 0 Å². The molecule has 110 valence electrons. The lowest BCUT2D eigenvalue weighted by atomic mass is 10.1. The summed E-state index contributed by atoms with van der Waals surface area (Å²) in [5, 5.41) is 11.4. The van der Waals surface area contributed by atoms with Crippen LogP contribution in [0.5, 0.6) is 11.5 Å². The third-order valence-electron chi connectivity index (χ3n) is 2.66. The van der Waals surface area contributed by atoms with Gasteiger partial charge in [0, 0.05) is 5.56 Å². The molecule has 0 aliphatic rings. The van der Waals surface area contributed by atoms with Crippen molar-refractivity contribution in [2.75, 3.05) is 14.2 Å². The predicted molar refractivity (Wildman–Crippen MR) is 76.4 cm³/mol. The summed E-state index contributed by atoms with van der Waals surface area (Å²) < 4.78 is 10.8. The van der Waals surface area contributed by atoms with Crippen molar-refractivity contribution in [2.24, 2.45) is 0 Å². The van der Waals surface area contributed by atoms with Gasteiger partial charge in [-0.3, -0.25) is 4.79 Å². The lowest BCUT2D eigenvalue weighted by molar-refractivity contribution is -0.143. The first-order valence-corrected chi connectivity index (χ1v) is 6.49. The minimum Gasteiger partial charge on any atom is -0.493 e. The van der Waals surface area contributed by atoms with Crippen LogP contribution in [0, 0.1) is 0 Å². The van der Waals surface area contributed by atoms with Crippen LogP contribution in [-0.2, 0) is 4.79 Å². The number of hydrogen-bond acceptors (Lipinski definition) is 4. The summed E-state index contributed by atoms with van der Waals surface area (Å²) in [6.07, 6.45) is 0. The topological polar surface area (TPSA) is 84.9 Å². The summed E-state index contributed by atoms with van der Waals surface area (Å²) in [6.45, 7) is 2.81. The molecule has 0 radical (unpaired) electrons. The van der Waals surface area contributed by atoms with Crippen LogP contribution in [0.15, 0.2) is 16.6 Å². The van der Waals surface area contributed by atoms with Gasteiger partial charge in [0.1, 0.15) is 5.54 Å². The van der Waals surface area contributed by atoms with Crippen LogP contribution in [0.2, 0.25) is 0 Å². The van der Waals surface area contributed by atoms with Gasteiger partial charge >= 0.3 is 5.97 Å². The Labute approximate surface area is 125 Å². The van der Waals surface area contributed by atoms with Gasteiger partial charge in [0.05, 0.1) is 18.7 Å². The zero-order valence-electron chi connectivity index (χ0n) is 11.6. The molecule has 0 bridgehead atoms. The lowest BCUT2D eigenvalue weighted by Gasteiger charge is -2.21. The number of amides is 1. The van der Waals surface area contributed by atoms with E-state index < -0.39 is 17.4 Å². The highest BCUT2D eigenvalue weighted by Gasteiger charge is 2.29. The first-order valence-electron chi connectivity index (χ1n) is 5.70.